The van der Waals surface area contributed by atoms with Gasteiger partial charge in [0.1, 0.15) is 17.1 Å². The molecular weight excluding hydrogens is 556 g/mol. The standard InChI is InChI=1S/C35H30N4O5/c1-22-5-4-7-25(38-22)21-39(20-24-6-2-3-14-36-24)16-15-37-23-8-11-28(35(42)43)31(17-23)34-29-12-9-26(40)18-32(29)44-33-19-27(41)10-13-30(33)34/h2-14,17-19,37,40H,15-16,20-21H2,1H3,(H,42,43). The van der Waals surface area contributed by atoms with Gasteiger partial charge in [0.05, 0.1) is 17.0 Å². The minimum atomic E-state index is -1.08. The van der Waals surface area contributed by atoms with Gasteiger partial charge < -0.3 is 19.9 Å². The summed E-state index contributed by atoms with van der Waals surface area (Å²) in [5, 5.41) is 24.3. The lowest BCUT2D eigenvalue weighted by Gasteiger charge is -2.23. The Hall–Kier alpha value is -5.54. The zero-order valence-corrected chi connectivity index (χ0v) is 24.0. The topological polar surface area (TPSA) is 129 Å². The van der Waals surface area contributed by atoms with Crippen molar-refractivity contribution in [3.05, 3.63) is 130 Å². The first kappa shape index (κ1) is 28.6. The number of pyridine rings is 2. The number of carbonyl (C=O) groups is 1. The first-order valence-electron chi connectivity index (χ1n) is 14.2. The number of carboxylic acid groups (broad SMARTS) is 1. The van der Waals surface area contributed by atoms with Gasteiger partial charge in [-0.05, 0) is 79.2 Å². The van der Waals surface area contributed by atoms with E-state index in [2.05, 4.69) is 20.2 Å². The molecule has 3 N–H and O–H groups in total. The average molecular weight is 587 g/mol. The Kier molecular flexibility index (Phi) is 8.03. The van der Waals surface area contributed by atoms with Crippen molar-refractivity contribution in [2.24, 2.45) is 0 Å². The highest BCUT2D eigenvalue weighted by molar-refractivity contribution is 6.08. The molecule has 0 bridgehead atoms. The van der Waals surface area contributed by atoms with E-state index in [1.54, 1.807) is 36.5 Å². The van der Waals surface area contributed by atoms with Crippen molar-refractivity contribution in [3.8, 4) is 28.2 Å². The quantitative estimate of drug-likeness (QED) is 0.161. The Bertz CT molecular complexity index is 1990. The first-order valence-corrected chi connectivity index (χ1v) is 14.2. The molecule has 2 aromatic carbocycles. The van der Waals surface area contributed by atoms with Crippen LogP contribution in [0.4, 0.5) is 5.69 Å². The van der Waals surface area contributed by atoms with Crippen LogP contribution < -0.4 is 10.7 Å². The van der Waals surface area contributed by atoms with E-state index >= 15 is 0 Å². The first-order chi connectivity index (χ1) is 21.3. The molecule has 0 amide bonds. The summed E-state index contributed by atoms with van der Waals surface area (Å²) in [6, 6.07) is 26.1. The van der Waals surface area contributed by atoms with Gasteiger partial charge in [-0.2, -0.15) is 0 Å². The molecule has 44 heavy (non-hydrogen) atoms. The van der Waals surface area contributed by atoms with Crippen LogP contribution in [0.25, 0.3) is 33.4 Å². The molecule has 0 unspecified atom stereocenters. The Labute approximate surface area is 253 Å². The van der Waals surface area contributed by atoms with Gasteiger partial charge in [0.2, 0.25) is 0 Å². The van der Waals surface area contributed by atoms with Crippen molar-refractivity contribution >= 4 is 22.6 Å². The maximum absolute atomic E-state index is 12.4. The molecule has 3 heterocycles. The van der Waals surface area contributed by atoms with Crippen LogP contribution in [-0.2, 0) is 13.1 Å². The van der Waals surface area contributed by atoms with Crippen LogP contribution >= 0.6 is 0 Å². The molecule has 4 aromatic rings. The lowest BCUT2D eigenvalue weighted by Crippen LogP contribution is -2.29. The third kappa shape index (κ3) is 6.28. The number of fused-ring (bicyclic) bond motifs is 2. The number of nitrogens with zero attached hydrogens (tertiary/aromatic N) is 3. The molecule has 0 saturated carbocycles. The number of phenols is 1. The van der Waals surface area contributed by atoms with Crippen molar-refractivity contribution in [2.45, 2.75) is 20.0 Å². The van der Waals surface area contributed by atoms with Crippen LogP contribution in [0, 0.1) is 6.92 Å². The molecule has 0 atom stereocenters. The normalized spacial score (nSPS) is 11.3. The summed E-state index contributed by atoms with van der Waals surface area (Å²) in [5.41, 5.74) is 5.47. The number of benzene rings is 3. The lowest BCUT2D eigenvalue weighted by molar-refractivity contribution is 0.0697. The van der Waals surface area contributed by atoms with Crippen molar-refractivity contribution in [3.63, 3.8) is 0 Å². The zero-order chi connectivity index (χ0) is 30.6. The van der Waals surface area contributed by atoms with E-state index in [1.165, 1.54) is 24.3 Å². The Morgan fingerprint density at radius 2 is 1.75 bits per heavy atom. The van der Waals surface area contributed by atoms with Crippen molar-refractivity contribution < 1.29 is 19.4 Å². The fraction of sp³-hybridized carbons (Fsp3) is 0.143. The molecule has 2 aliphatic rings. The summed E-state index contributed by atoms with van der Waals surface area (Å²) < 4.78 is 5.96. The molecule has 0 fully saturated rings. The SMILES string of the molecule is Cc1cccc(CN(CCNc2ccc(C(=O)O)c(-c3c4ccc(=O)cc-4oc4cc(O)ccc34)c2)Cc2ccccn2)n1. The third-order valence-corrected chi connectivity index (χ3v) is 7.40. The van der Waals surface area contributed by atoms with E-state index in [-0.39, 0.29) is 16.7 Å². The molecule has 9 heteroatoms. The van der Waals surface area contributed by atoms with Crippen molar-refractivity contribution in [1.29, 1.82) is 0 Å². The van der Waals surface area contributed by atoms with Crippen LogP contribution in [0.1, 0.15) is 27.4 Å². The van der Waals surface area contributed by atoms with Crippen LogP contribution in [-0.4, -0.2) is 44.1 Å². The van der Waals surface area contributed by atoms with Gasteiger partial charge in [0.25, 0.3) is 0 Å². The van der Waals surface area contributed by atoms with E-state index < -0.39 is 5.97 Å². The molecule has 6 rings (SSSR count). The predicted octanol–water partition coefficient (Wildman–Crippen LogP) is 6.18. The third-order valence-electron chi connectivity index (χ3n) is 7.40. The second-order valence-corrected chi connectivity index (χ2v) is 10.6. The number of hydrogen-bond donors (Lipinski definition) is 3. The lowest BCUT2D eigenvalue weighted by atomic mass is 9.90. The van der Waals surface area contributed by atoms with Crippen LogP contribution in [0.5, 0.6) is 5.75 Å². The number of phenolic OH excluding ortho intramolecular Hbond substituents is 1. The number of aromatic nitrogens is 2. The second-order valence-electron chi connectivity index (χ2n) is 10.6. The van der Waals surface area contributed by atoms with Gasteiger partial charge >= 0.3 is 5.97 Å². The fourth-order valence-electron chi connectivity index (χ4n) is 5.41. The molecule has 220 valence electrons. The number of aromatic hydroxyl groups is 1. The Balaban J connectivity index is 1.33. The minimum absolute atomic E-state index is 0.00479. The van der Waals surface area contributed by atoms with Gasteiger partial charge in [0.15, 0.2) is 5.43 Å². The van der Waals surface area contributed by atoms with Crippen LogP contribution in [0.15, 0.2) is 106 Å². The molecular formula is C35H30N4O5. The molecule has 9 nitrogen and oxygen atoms in total. The summed E-state index contributed by atoms with van der Waals surface area (Å²) in [7, 11) is 0. The van der Waals surface area contributed by atoms with Gasteiger partial charge in [-0.25, -0.2) is 4.79 Å². The maximum atomic E-state index is 12.4. The molecule has 1 aliphatic carbocycles. The van der Waals surface area contributed by atoms with E-state index in [4.69, 9.17) is 4.42 Å². The number of hydrogen-bond acceptors (Lipinski definition) is 8. The second kappa shape index (κ2) is 12.4. The number of anilines is 1. The smallest absolute Gasteiger partial charge is 0.336 e. The monoisotopic (exact) mass is 586 g/mol. The molecule has 0 saturated heterocycles. The fourth-order valence-corrected chi connectivity index (χ4v) is 5.41. The summed E-state index contributed by atoms with van der Waals surface area (Å²) in [5.74, 6) is -0.787. The average Bonchev–Trinajstić information content (AvgIpc) is 3.00. The van der Waals surface area contributed by atoms with Crippen molar-refractivity contribution in [1.82, 2.24) is 14.9 Å². The Morgan fingerprint density at radius 1 is 0.909 bits per heavy atom. The number of rotatable bonds is 10. The van der Waals surface area contributed by atoms with Crippen LogP contribution in [0.3, 0.4) is 0 Å². The highest BCUT2D eigenvalue weighted by atomic mass is 16.4. The number of aryl methyl sites for hydroxylation is 1. The zero-order valence-electron chi connectivity index (χ0n) is 24.0. The van der Waals surface area contributed by atoms with E-state index in [0.717, 1.165) is 22.8 Å². The summed E-state index contributed by atoms with van der Waals surface area (Å²) in [6.45, 7) is 4.50. The van der Waals surface area contributed by atoms with Gasteiger partial charge in [-0.1, -0.05) is 12.1 Å². The number of nitrogens with one attached hydrogen (secondary N) is 1. The summed E-state index contributed by atoms with van der Waals surface area (Å²) in [6.07, 6.45) is 1.78. The number of aromatic carboxylic acids is 1. The largest absolute Gasteiger partial charge is 0.508 e. The van der Waals surface area contributed by atoms with E-state index in [0.29, 0.717) is 59.6 Å². The van der Waals surface area contributed by atoms with Gasteiger partial charge in [-0.3, -0.25) is 19.7 Å². The van der Waals surface area contributed by atoms with Crippen LogP contribution in [0.2, 0.25) is 0 Å². The highest BCUT2D eigenvalue weighted by Crippen LogP contribution is 2.42. The molecule has 1 aliphatic heterocycles. The predicted molar refractivity (Wildman–Crippen MR) is 169 cm³/mol. The molecule has 0 radical (unpaired) electrons. The van der Waals surface area contributed by atoms with Gasteiger partial charge in [0, 0.05) is 72.4 Å². The van der Waals surface area contributed by atoms with E-state index in [9.17, 15) is 19.8 Å². The summed E-state index contributed by atoms with van der Waals surface area (Å²) in [4.78, 5) is 36.0. The van der Waals surface area contributed by atoms with E-state index in [1.807, 2.05) is 43.3 Å². The van der Waals surface area contributed by atoms with Crippen molar-refractivity contribution in [2.75, 3.05) is 18.4 Å². The number of carboxylic acids is 1. The highest BCUT2D eigenvalue weighted by Gasteiger charge is 2.22. The molecule has 0 spiro atoms. The summed E-state index contributed by atoms with van der Waals surface area (Å²) >= 11 is 0. The van der Waals surface area contributed by atoms with Gasteiger partial charge in [-0.15, -0.1) is 0 Å². The Morgan fingerprint density at radius 3 is 2.55 bits per heavy atom. The molecule has 2 aromatic heterocycles. The maximum Gasteiger partial charge on any atom is 0.336 e. The minimum Gasteiger partial charge on any atom is -0.508 e.